The Morgan fingerprint density at radius 2 is 2.33 bits per heavy atom. The molecule has 0 N–H and O–H groups in total. The van der Waals surface area contributed by atoms with Gasteiger partial charge < -0.3 is 0 Å². The van der Waals surface area contributed by atoms with Gasteiger partial charge in [0.1, 0.15) is 0 Å². The lowest BCUT2D eigenvalue weighted by molar-refractivity contribution is -0.00762. The van der Waals surface area contributed by atoms with E-state index in [-0.39, 0.29) is 0 Å². The highest BCUT2D eigenvalue weighted by atomic mass is 127. The molecule has 3 aliphatic carbocycles. The zero-order valence-corrected chi connectivity index (χ0v) is 10.1. The standard InChI is InChI=1S/C11H17I/c1-11(2)9-4-3-8(5-6-12)10(11)7-9/h3,9-10H,4-7H2,1-2H3. The second-order valence-electron chi connectivity index (χ2n) is 4.76. The molecule has 3 rings (SSSR count). The van der Waals surface area contributed by atoms with Crippen LogP contribution in [0.5, 0.6) is 0 Å². The summed E-state index contributed by atoms with van der Waals surface area (Å²) in [6.07, 6.45) is 6.69. The summed E-state index contributed by atoms with van der Waals surface area (Å²) in [6.45, 7) is 4.90. The summed E-state index contributed by atoms with van der Waals surface area (Å²) < 4.78 is 1.29. The van der Waals surface area contributed by atoms with E-state index in [9.17, 15) is 0 Å². The van der Waals surface area contributed by atoms with Crippen LogP contribution in [-0.4, -0.2) is 4.43 Å². The number of rotatable bonds is 2. The van der Waals surface area contributed by atoms with Gasteiger partial charge in [0.25, 0.3) is 0 Å². The third kappa shape index (κ3) is 1.16. The van der Waals surface area contributed by atoms with Gasteiger partial charge in [0, 0.05) is 4.43 Å². The van der Waals surface area contributed by atoms with E-state index < -0.39 is 0 Å². The van der Waals surface area contributed by atoms with Crippen LogP contribution in [0.15, 0.2) is 11.6 Å². The molecule has 3 aliphatic rings. The molecule has 0 aromatic carbocycles. The molecule has 1 fully saturated rings. The number of allylic oxidation sites excluding steroid dienone is 2. The van der Waals surface area contributed by atoms with Gasteiger partial charge in [-0.1, -0.05) is 48.1 Å². The summed E-state index contributed by atoms with van der Waals surface area (Å²) in [7, 11) is 0. The van der Waals surface area contributed by atoms with Gasteiger partial charge in [-0.05, 0) is 36.5 Å². The Kier molecular flexibility index (Phi) is 2.26. The summed E-state index contributed by atoms with van der Waals surface area (Å²) in [4.78, 5) is 0. The molecule has 68 valence electrons. The van der Waals surface area contributed by atoms with Crippen LogP contribution in [-0.2, 0) is 0 Å². The van der Waals surface area contributed by atoms with Crippen molar-refractivity contribution in [3.63, 3.8) is 0 Å². The maximum atomic E-state index is 2.52. The third-order valence-corrected chi connectivity index (χ3v) is 4.51. The van der Waals surface area contributed by atoms with Crippen molar-refractivity contribution in [2.24, 2.45) is 17.3 Å². The van der Waals surface area contributed by atoms with Crippen LogP contribution in [0.1, 0.15) is 33.1 Å². The summed E-state index contributed by atoms with van der Waals surface area (Å²) in [6, 6.07) is 0. The first-order valence-electron chi connectivity index (χ1n) is 4.91. The van der Waals surface area contributed by atoms with Gasteiger partial charge in [-0.2, -0.15) is 0 Å². The van der Waals surface area contributed by atoms with Crippen molar-refractivity contribution in [1.29, 1.82) is 0 Å². The quantitative estimate of drug-likeness (QED) is 0.409. The van der Waals surface area contributed by atoms with Gasteiger partial charge in [-0.15, -0.1) is 0 Å². The van der Waals surface area contributed by atoms with Crippen LogP contribution >= 0.6 is 22.6 Å². The number of alkyl halides is 1. The number of halogens is 1. The predicted molar refractivity (Wildman–Crippen MR) is 61.6 cm³/mol. The molecule has 2 unspecified atom stereocenters. The van der Waals surface area contributed by atoms with Crippen molar-refractivity contribution < 1.29 is 0 Å². The summed E-state index contributed by atoms with van der Waals surface area (Å²) >= 11 is 2.49. The lowest BCUT2D eigenvalue weighted by atomic mass is 9.48. The fraction of sp³-hybridized carbons (Fsp3) is 0.818. The van der Waals surface area contributed by atoms with Crippen LogP contribution < -0.4 is 0 Å². The van der Waals surface area contributed by atoms with Crippen molar-refractivity contribution >= 4 is 22.6 Å². The molecule has 0 aromatic heterocycles. The van der Waals surface area contributed by atoms with Crippen LogP contribution in [0, 0.1) is 17.3 Å². The molecule has 2 bridgehead atoms. The molecule has 0 nitrogen and oxygen atoms in total. The Morgan fingerprint density at radius 3 is 2.83 bits per heavy atom. The second kappa shape index (κ2) is 3.00. The fourth-order valence-electron chi connectivity index (χ4n) is 2.87. The number of hydrogen-bond acceptors (Lipinski definition) is 0. The molecule has 2 atom stereocenters. The van der Waals surface area contributed by atoms with Gasteiger partial charge in [0.15, 0.2) is 0 Å². The van der Waals surface area contributed by atoms with Crippen molar-refractivity contribution in [2.75, 3.05) is 4.43 Å². The number of fused-ring (bicyclic) bond motifs is 1. The average molecular weight is 276 g/mol. The molecular weight excluding hydrogens is 259 g/mol. The predicted octanol–water partition coefficient (Wildman–Crippen LogP) is 3.80. The van der Waals surface area contributed by atoms with E-state index in [1.807, 2.05) is 0 Å². The van der Waals surface area contributed by atoms with E-state index in [1.54, 1.807) is 5.57 Å². The molecule has 0 heterocycles. The minimum Gasteiger partial charge on any atom is -0.0860 e. The monoisotopic (exact) mass is 276 g/mol. The number of hydrogen-bond donors (Lipinski definition) is 0. The Balaban J connectivity index is 2.13. The SMILES string of the molecule is CC1(C)C2CC=C(CCI)C1C2. The van der Waals surface area contributed by atoms with Gasteiger partial charge in [0.2, 0.25) is 0 Å². The smallest absolute Gasteiger partial charge is 0.00327 e. The molecule has 1 heteroatoms. The van der Waals surface area contributed by atoms with Crippen molar-refractivity contribution in [2.45, 2.75) is 33.1 Å². The van der Waals surface area contributed by atoms with Crippen molar-refractivity contribution in [3.8, 4) is 0 Å². The molecule has 1 saturated carbocycles. The maximum Gasteiger partial charge on any atom is 0.00327 e. The van der Waals surface area contributed by atoms with E-state index >= 15 is 0 Å². The Morgan fingerprint density at radius 1 is 1.58 bits per heavy atom. The van der Waals surface area contributed by atoms with E-state index in [0.29, 0.717) is 5.41 Å². The maximum absolute atomic E-state index is 2.52. The molecule has 0 aliphatic heterocycles. The molecule has 12 heavy (non-hydrogen) atoms. The van der Waals surface area contributed by atoms with Gasteiger partial charge in [-0.3, -0.25) is 0 Å². The topological polar surface area (TPSA) is 0 Å². The zero-order chi connectivity index (χ0) is 8.77. The minimum atomic E-state index is 0.635. The Hall–Kier alpha value is 0.470. The zero-order valence-electron chi connectivity index (χ0n) is 7.94. The van der Waals surface area contributed by atoms with Crippen LogP contribution in [0.3, 0.4) is 0 Å². The van der Waals surface area contributed by atoms with Crippen LogP contribution in [0.2, 0.25) is 0 Å². The summed E-state index contributed by atoms with van der Waals surface area (Å²) in [5, 5.41) is 0. The largest absolute Gasteiger partial charge is 0.0860 e. The first-order chi connectivity index (χ1) is 5.66. The first kappa shape index (κ1) is 9.04. The average Bonchev–Trinajstić information content (AvgIpc) is 2.05. The molecule has 0 radical (unpaired) electrons. The van der Waals surface area contributed by atoms with E-state index in [1.165, 1.54) is 23.7 Å². The highest BCUT2D eigenvalue weighted by Gasteiger charge is 2.50. The second-order valence-corrected chi connectivity index (χ2v) is 5.84. The molecule has 0 aromatic rings. The lowest BCUT2D eigenvalue weighted by Gasteiger charge is -2.56. The van der Waals surface area contributed by atoms with Crippen molar-refractivity contribution in [3.05, 3.63) is 11.6 Å². The third-order valence-electron chi connectivity index (χ3n) is 3.97. The van der Waals surface area contributed by atoms with Crippen LogP contribution in [0.4, 0.5) is 0 Å². The molecular formula is C11H17I. The Bertz CT molecular complexity index is 215. The summed E-state index contributed by atoms with van der Waals surface area (Å²) in [5.74, 6) is 1.94. The van der Waals surface area contributed by atoms with E-state index in [0.717, 1.165) is 11.8 Å². The minimum absolute atomic E-state index is 0.635. The normalized spacial score (nSPS) is 37.1. The van der Waals surface area contributed by atoms with Crippen molar-refractivity contribution in [1.82, 2.24) is 0 Å². The Labute approximate surface area is 88.9 Å². The van der Waals surface area contributed by atoms with Gasteiger partial charge >= 0.3 is 0 Å². The highest BCUT2D eigenvalue weighted by Crippen LogP contribution is 2.59. The van der Waals surface area contributed by atoms with E-state index in [4.69, 9.17) is 0 Å². The molecule has 0 spiro atoms. The molecule has 0 amide bonds. The highest BCUT2D eigenvalue weighted by molar-refractivity contribution is 14.1. The van der Waals surface area contributed by atoms with Gasteiger partial charge in [-0.25, -0.2) is 0 Å². The fourth-order valence-corrected chi connectivity index (χ4v) is 3.49. The summed E-state index contributed by atoms with van der Waals surface area (Å²) in [5.41, 5.74) is 2.40. The van der Waals surface area contributed by atoms with E-state index in [2.05, 4.69) is 42.5 Å². The molecule has 0 saturated heterocycles. The van der Waals surface area contributed by atoms with Crippen LogP contribution in [0.25, 0.3) is 0 Å². The first-order valence-corrected chi connectivity index (χ1v) is 6.43. The lowest BCUT2D eigenvalue weighted by Crippen LogP contribution is -2.48. The van der Waals surface area contributed by atoms with Gasteiger partial charge in [0.05, 0.1) is 0 Å².